The molecule has 1 heterocycles. The summed E-state index contributed by atoms with van der Waals surface area (Å²) in [5.74, 6) is 0.490. The lowest BCUT2D eigenvalue weighted by atomic mass is 9.95. The summed E-state index contributed by atoms with van der Waals surface area (Å²) in [6.45, 7) is 1.07. The number of methoxy groups -OCH3 is 1. The van der Waals surface area contributed by atoms with E-state index in [1.54, 1.807) is 54.5 Å². The van der Waals surface area contributed by atoms with Crippen molar-refractivity contribution in [1.29, 1.82) is 0 Å². The minimum atomic E-state index is -0.147. The van der Waals surface area contributed by atoms with Gasteiger partial charge in [-0.15, -0.1) is 0 Å². The first kappa shape index (κ1) is 17.8. The van der Waals surface area contributed by atoms with Crippen molar-refractivity contribution in [3.8, 4) is 11.5 Å². The van der Waals surface area contributed by atoms with E-state index in [-0.39, 0.29) is 23.5 Å². The molecule has 0 atom stereocenters. The number of rotatable bonds is 4. The highest BCUT2D eigenvalue weighted by Crippen LogP contribution is 2.23. The lowest BCUT2D eigenvalue weighted by Crippen LogP contribution is -2.41. The van der Waals surface area contributed by atoms with Gasteiger partial charge in [0.1, 0.15) is 11.5 Å². The minimum absolute atomic E-state index is 0.0456. The highest BCUT2D eigenvalue weighted by Gasteiger charge is 2.28. The van der Waals surface area contributed by atoms with E-state index >= 15 is 0 Å². The zero-order valence-corrected chi connectivity index (χ0v) is 14.6. The summed E-state index contributed by atoms with van der Waals surface area (Å²) in [6, 6.07) is 13.6. The second kappa shape index (κ2) is 7.91. The fourth-order valence-electron chi connectivity index (χ4n) is 3.11. The van der Waals surface area contributed by atoms with E-state index in [0.717, 1.165) is 0 Å². The fraction of sp³-hybridized carbons (Fsp3) is 0.300. The molecular formula is C20H22N2O4. The third kappa shape index (κ3) is 4.14. The monoisotopic (exact) mass is 354 g/mol. The first-order valence-electron chi connectivity index (χ1n) is 8.60. The first-order valence-corrected chi connectivity index (χ1v) is 8.60. The summed E-state index contributed by atoms with van der Waals surface area (Å²) in [4.78, 5) is 26.8. The molecule has 0 unspecified atom stereocenters. The molecule has 1 fully saturated rings. The number of hydrogen-bond donors (Lipinski definition) is 2. The molecule has 0 spiro atoms. The highest BCUT2D eigenvalue weighted by molar-refractivity contribution is 5.95. The number of nitrogens with one attached hydrogen (secondary N) is 1. The van der Waals surface area contributed by atoms with Crippen LogP contribution in [0.15, 0.2) is 48.5 Å². The van der Waals surface area contributed by atoms with Crippen molar-refractivity contribution in [3.63, 3.8) is 0 Å². The van der Waals surface area contributed by atoms with Crippen molar-refractivity contribution in [2.24, 2.45) is 5.92 Å². The van der Waals surface area contributed by atoms with Gasteiger partial charge >= 0.3 is 0 Å². The Labute approximate surface area is 152 Å². The molecule has 0 radical (unpaired) electrons. The maximum atomic E-state index is 12.6. The van der Waals surface area contributed by atoms with E-state index < -0.39 is 0 Å². The van der Waals surface area contributed by atoms with Crippen LogP contribution in [0.1, 0.15) is 23.2 Å². The summed E-state index contributed by atoms with van der Waals surface area (Å²) in [7, 11) is 1.57. The maximum absolute atomic E-state index is 12.6. The summed E-state index contributed by atoms with van der Waals surface area (Å²) in [5, 5.41) is 12.3. The average molecular weight is 354 g/mol. The number of amides is 2. The first-order chi connectivity index (χ1) is 12.6. The largest absolute Gasteiger partial charge is 0.508 e. The standard InChI is InChI=1S/C20H22N2O4/c1-26-18-7-2-4-15(12-18)20(25)22-10-8-14(9-11-22)19(24)21-16-5-3-6-17(23)13-16/h2-7,12-14,23H,8-11H2,1H3,(H,21,24). The second-order valence-corrected chi connectivity index (χ2v) is 6.34. The van der Waals surface area contributed by atoms with E-state index in [4.69, 9.17) is 4.74 Å². The molecule has 2 aromatic rings. The zero-order valence-electron chi connectivity index (χ0n) is 14.6. The van der Waals surface area contributed by atoms with Crippen LogP contribution in [-0.4, -0.2) is 42.0 Å². The number of ether oxygens (including phenoxy) is 1. The molecule has 6 nitrogen and oxygen atoms in total. The van der Waals surface area contributed by atoms with Gasteiger partial charge in [-0.1, -0.05) is 12.1 Å². The normalized spacial score (nSPS) is 14.7. The zero-order chi connectivity index (χ0) is 18.5. The van der Waals surface area contributed by atoms with E-state index in [1.807, 2.05) is 0 Å². The van der Waals surface area contributed by atoms with Gasteiger partial charge in [0, 0.05) is 36.3 Å². The average Bonchev–Trinajstić information content (AvgIpc) is 2.67. The number of phenolic OH excluding ortho intramolecular Hbond substituents is 1. The Kier molecular flexibility index (Phi) is 5.41. The van der Waals surface area contributed by atoms with Crippen LogP contribution in [0, 0.1) is 5.92 Å². The minimum Gasteiger partial charge on any atom is -0.508 e. The Morgan fingerprint density at radius 2 is 1.85 bits per heavy atom. The van der Waals surface area contributed by atoms with Gasteiger partial charge in [-0.25, -0.2) is 0 Å². The lowest BCUT2D eigenvalue weighted by molar-refractivity contribution is -0.121. The number of phenols is 1. The molecule has 0 aromatic heterocycles. The number of carbonyl (C=O) groups excluding carboxylic acids is 2. The number of piperidine rings is 1. The topological polar surface area (TPSA) is 78.9 Å². The number of carbonyl (C=O) groups is 2. The van der Waals surface area contributed by atoms with Gasteiger partial charge < -0.3 is 20.1 Å². The number of likely N-dealkylation sites (tertiary alicyclic amines) is 1. The molecule has 0 saturated carbocycles. The molecule has 3 rings (SSSR count). The number of anilines is 1. The van der Waals surface area contributed by atoms with Gasteiger partial charge in [0.2, 0.25) is 5.91 Å². The van der Waals surface area contributed by atoms with Crippen LogP contribution < -0.4 is 10.1 Å². The summed E-state index contributed by atoms with van der Waals surface area (Å²) >= 11 is 0. The number of nitrogens with zero attached hydrogens (tertiary/aromatic N) is 1. The van der Waals surface area contributed by atoms with Gasteiger partial charge in [-0.05, 0) is 43.2 Å². The van der Waals surface area contributed by atoms with Gasteiger partial charge in [0.05, 0.1) is 7.11 Å². The van der Waals surface area contributed by atoms with E-state index in [9.17, 15) is 14.7 Å². The van der Waals surface area contributed by atoms with Crippen molar-refractivity contribution in [1.82, 2.24) is 4.90 Å². The predicted molar refractivity (Wildman–Crippen MR) is 98.4 cm³/mol. The lowest BCUT2D eigenvalue weighted by Gasteiger charge is -2.31. The van der Waals surface area contributed by atoms with Gasteiger partial charge in [-0.2, -0.15) is 0 Å². The van der Waals surface area contributed by atoms with Gasteiger partial charge in [-0.3, -0.25) is 9.59 Å². The number of aromatic hydroxyl groups is 1. The van der Waals surface area contributed by atoms with Gasteiger partial charge in [0.25, 0.3) is 5.91 Å². The number of benzene rings is 2. The highest BCUT2D eigenvalue weighted by atomic mass is 16.5. The Bertz CT molecular complexity index is 798. The molecule has 2 aromatic carbocycles. The second-order valence-electron chi connectivity index (χ2n) is 6.34. The third-order valence-corrected chi connectivity index (χ3v) is 4.58. The fourth-order valence-corrected chi connectivity index (χ4v) is 3.11. The molecule has 0 bridgehead atoms. The summed E-state index contributed by atoms with van der Waals surface area (Å²) in [5.41, 5.74) is 1.16. The van der Waals surface area contributed by atoms with E-state index in [2.05, 4.69) is 5.32 Å². The number of hydrogen-bond acceptors (Lipinski definition) is 4. The predicted octanol–water partition coefficient (Wildman–Crippen LogP) is 2.89. The quantitative estimate of drug-likeness (QED) is 0.885. The van der Waals surface area contributed by atoms with Crippen molar-refractivity contribution in [3.05, 3.63) is 54.1 Å². The van der Waals surface area contributed by atoms with Crippen LogP contribution in [0.5, 0.6) is 11.5 Å². The van der Waals surface area contributed by atoms with Crippen LogP contribution in [0.3, 0.4) is 0 Å². The Morgan fingerprint density at radius 3 is 2.54 bits per heavy atom. The van der Waals surface area contributed by atoms with Crippen LogP contribution >= 0.6 is 0 Å². The Balaban J connectivity index is 1.56. The smallest absolute Gasteiger partial charge is 0.253 e. The van der Waals surface area contributed by atoms with Crippen LogP contribution in [0.2, 0.25) is 0 Å². The molecule has 26 heavy (non-hydrogen) atoms. The Morgan fingerprint density at radius 1 is 1.12 bits per heavy atom. The summed E-state index contributed by atoms with van der Waals surface area (Å²) in [6.07, 6.45) is 1.22. The van der Waals surface area contributed by atoms with Crippen LogP contribution in [0.4, 0.5) is 5.69 Å². The van der Waals surface area contributed by atoms with Crippen molar-refractivity contribution in [2.45, 2.75) is 12.8 Å². The maximum Gasteiger partial charge on any atom is 0.253 e. The molecule has 136 valence electrons. The van der Waals surface area contributed by atoms with Crippen LogP contribution in [-0.2, 0) is 4.79 Å². The molecule has 1 aliphatic heterocycles. The molecule has 1 saturated heterocycles. The SMILES string of the molecule is COc1cccc(C(=O)N2CCC(C(=O)Nc3cccc(O)c3)CC2)c1. The van der Waals surface area contributed by atoms with Crippen molar-refractivity contribution >= 4 is 17.5 Å². The third-order valence-electron chi connectivity index (χ3n) is 4.58. The van der Waals surface area contributed by atoms with E-state index in [1.165, 1.54) is 6.07 Å². The van der Waals surface area contributed by atoms with Crippen molar-refractivity contribution in [2.75, 3.05) is 25.5 Å². The van der Waals surface area contributed by atoms with Crippen molar-refractivity contribution < 1.29 is 19.4 Å². The summed E-state index contributed by atoms with van der Waals surface area (Å²) < 4.78 is 5.16. The molecule has 2 N–H and O–H groups in total. The van der Waals surface area contributed by atoms with E-state index in [0.29, 0.717) is 42.9 Å². The molecule has 2 amide bonds. The Hall–Kier alpha value is -3.02. The molecule has 0 aliphatic carbocycles. The van der Waals surface area contributed by atoms with Crippen LogP contribution in [0.25, 0.3) is 0 Å². The molecular weight excluding hydrogens is 332 g/mol. The molecule has 1 aliphatic rings. The molecule has 6 heteroatoms. The van der Waals surface area contributed by atoms with Gasteiger partial charge in [0.15, 0.2) is 0 Å².